The Morgan fingerprint density at radius 1 is 0.962 bits per heavy atom. The van der Waals surface area contributed by atoms with Gasteiger partial charge in [0.2, 0.25) is 0 Å². The molecule has 134 valence electrons. The first-order valence-electron chi connectivity index (χ1n) is 8.22. The van der Waals surface area contributed by atoms with Crippen LogP contribution in [0.3, 0.4) is 0 Å². The van der Waals surface area contributed by atoms with Gasteiger partial charge in [0.1, 0.15) is 24.7 Å². The fourth-order valence-corrected chi connectivity index (χ4v) is 2.43. The first kappa shape index (κ1) is 17.5. The van der Waals surface area contributed by atoms with Crippen molar-refractivity contribution in [1.29, 1.82) is 0 Å². The highest BCUT2D eigenvalue weighted by molar-refractivity contribution is 5.89. The number of ether oxygens (including phenoxy) is 3. The van der Waals surface area contributed by atoms with E-state index in [0.29, 0.717) is 11.3 Å². The Morgan fingerprint density at radius 3 is 2.27 bits per heavy atom. The Hall–Kier alpha value is -3.28. The molecule has 0 spiro atoms. The topological polar surface area (TPSA) is 62.6 Å². The minimum atomic E-state index is -0.382. The molecule has 0 fully saturated rings. The molecule has 0 amide bonds. The van der Waals surface area contributed by atoms with Crippen LogP contribution in [0.5, 0.6) is 11.5 Å². The minimum absolute atomic E-state index is 0.172. The first-order valence-corrected chi connectivity index (χ1v) is 8.22. The van der Waals surface area contributed by atoms with E-state index < -0.39 is 0 Å². The zero-order valence-electron chi connectivity index (χ0n) is 14.7. The number of carbonyl (C=O) groups is 1. The molecule has 0 aliphatic heterocycles. The average molecular weight is 352 g/mol. The number of hydrogen-bond acceptors (Lipinski definition) is 5. The fraction of sp³-hybridized carbons (Fsp3) is 0.200. The van der Waals surface area contributed by atoms with Crippen LogP contribution in [0.2, 0.25) is 0 Å². The minimum Gasteiger partial charge on any atom is -0.497 e. The summed E-state index contributed by atoms with van der Waals surface area (Å²) in [6.45, 7) is 2.42. The number of benzene rings is 2. The molecule has 0 bridgehead atoms. The molecule has 6 heteroatoms. The van der Waals surface area contributed by atoms with E-state index in [1.165, 1.54) is 0 Å². The lowest BCUT2D eigenvalue weighted by molar-refractivity contribution is 0.0450. The van der Waals surface area contributed by atoms with Crippen LogP contribution in [0.1, 0.15) is 16.1 Å². The van der Waals surface area contributed by atoms with Crippen molar-refractivity contribution in [3.63, 3.8) is 0 Å². The van der Waals surface area contributed by atoms with Crippen molar-refractivity contribution in [2.24, 2.45) is 0 Å². The van der Waals surface area contributed by atoms with Crippen LogP contribution in [0, 0.1) is 6.92 Å². The Labute approximate surface area is 151 Å². The largest absolute Gasteiger partial charge is 0.497 e. The molecule has 0 radical (unpaired) electrons. The molecule has 1 heterocycles. The van der Waals surface area contributed by atoms with Crippen molar-refractivity contribution in [2.45, 2.75) is 6.92 Å². The van der Waals surface area contributed by atoms with Gasteiger partial charge in [-0.05, 0) is 61.5 Å². The molecular weight excluding hydrogens is 332 g/mol. The van der Waals surface area contributed by atoms with Crippen molar-refractivity contribution in [3.8, 4) is 17.2 Å². The second-order valence-corrected chi connectivity index (χ2v) is 5.59. The lowest BCUT2D eigenvalue weighted by atomic mass is 10.2. The van der Waals surface area contributed by atoms with Crippen molar-refractivity contribution in [1.82, 2.24) is 9.78 Å². The number of carbonyl (C=O) groups excluding carboxylic acids is 1. The van der Waals surface area contributed by atoms with Gasteiger partial charge in [-0.15, -0.1) is 0 Å². The van der Waals surface area contributed by atoms with Crippen LogP contribution in [-0.4, -0.2) is 36.1 Å². The molecule has 0 saturated heterocycles. The van der Waals surface area contributed by atoms with Crippen molar-refractivity contribution in [2.75, 3.05) is 20.3 Å². The average Bonchev–Trinajstić information content (AvgIpc) is 3.11. The summed E-state index contributed by atoms with van der Waals surface area (Å²) in [5.41, 5.74) is 2.41. The molecule has 0 aliphatic rings. The van der Waals surface area contributed by atoms with E-state index in [-0.39, 0.29) is 19.2 Å². The van der Waals surface area contributed by atoms with E-state index in [4.69, 9.17) is 14.2 Å². The van der Waals surface area contributed by atoms with Crippen molar-refractivity contribution in [3.05, 3.63) is 72.1 Å². The molecule has 0 aliphatic carbocycles. The molecular formula is C20H20N2O4. The van der Waals surface area contributed by atoms with Gasteiger partial charge < -0.3 is 14.2 Å². The van der Waals surface area contributed by atoms with Gasteiger partial charge in [-0.3, -0.25) is 0 Å². The summed E-state index contributed by atoms with van der Waals surface area (Å²) in [6, 6.07) is 16.3. The molecule has 1 aromatic heterocycles. The molecule has 3 rings (SSSR count). The van der Waals surface area contributed by atoms with Crippen LogP contribution < -0.4 is 9.47 Å². The quantitative estimate of drug-likeness (QED) is 0.482. The summed E-state index contributed by atoms with van der Waals surface area (Å²) in [7, 11) is 1.61. The van der Waals surface area contributed by atoms with Crippen LogP contribution in [0.15, 0.2) is 60.8 Å². The maximum absolute atomic E-state index is 12.1. The Balaban J connectivity index is 1.48. The molecule has 0 N–H and O–H groups in total. The lowest BCUT2D eigenvalue weighted by Gasteiger charge is -2.09. The number of hydrogen-bond donors (Lipinski definition) is 0. The monoisotopic (exact) mass is 352 g/mol. The summed E-state index contributed by atoms with van der Waals surface area (Å²) in [5, 5.41) is 4.24. The summed E-state index contributed by atoms with van der Waals surface area (Å²) in [6.07, 6.45) is 1.74. The van der Waals surface area contributed by atoms with E-state index in [2.05, 4.69) is 5.10 Å². The normalized spacial score (nSPS) is 10.4. The third-order valence-electron chi connectivity index (χ3n) is 3.82. The molecule has 3 aromatic rings. The van der Waals surface area contributed by atoms with E-state index in [1.54, 1.807) is 42.3 Å². The predicted octanol–water partition coefficient (Wildman–Crippen LogP) is 3.43. The third-order valence-corrected chi connectivity index (χ3v) is 3.82. The predicted molar refractivity (Wildman–Crippen MR) is 97.1 cm³/mol. The second kappa shape index (κ2) is 8.20. The number of nitrogens with zero attached hydrogens (tertiary/aromatic N) is 2. The number of aryl methyl sites for hydroxylation is 1. The van der Waals surface area contributed by atoms with E-state index in [9.17, 15) is 4.79 Å². The molecule has 2 aromatic carbocycles. The molecule has 26 heavy (non-hydrogen) atoms. The molecule has 6 nitrogen and oxygen atoms in total. The van der Waals surface area contributed by atoms with Crippen LogP contribution in [-0.2, 0) is 4.74 Å². The van der Waals surface area contributed by atoms with Crippen LogP contribution in [0.4, 0.5) is 0 Å². The summed E-state index contributed by atoms with van der Waals surface area (Å²) in [4.78, 5) is 12.1. The highest BCUT2D eigenvalue weighted by Gasteiger charge is 2.08. The van der Waals surface area contributed by atoms with E-state index >= 15 is 0 Å². The van der Waals surface area contributed by atoms with E-state index in [0.717, 1.165) is 17.1 Å². The first-order chi connectivity index (χ1) is 12.7. The maximum atomic E-state index is 12.1. The highest BCUT2D eigenvalue weighted by Crippen LogP contribution is 2.17. The maximum Gasteiger partial charge on any atom is 0.338 e. The summed E-state index contributed by atoms with van der Waals surface area (Å²) >= 11 is 0. The standard InChI is InChI=1S/C20H20N2O4/c1-15-11-12-21-22(15)17-5-3-16(4-6-17)20(23)26-14-13-25-19-9-7-18(24-2)8-10-19/h3-12H,13-14H2,1-2H3. The number of rotatable bonds is 7. The Morgan fingerprint density at radius 2 is 1.65 bits per heavy atom. The Bertz CT molecular complexity index is 854. The second-order valence-electron chi connectivity index (χ2n) is 5.59. The van der Waals surface area contributed by atoms with Gasteiger partial charge in [-0.2, -0.15) is 5.10 Å². The number of aromatic nitrogens is 2. The lowest BCUT2D eigenvalue weighted by Crippen LogP contribution is -2.12. The zero-order chi connectivity index (χ0) is 18.4. The van der Waals surface area contributed by atoms with Gasteiger partial charge in [0.25, 0.3) is 0 Å². The third kappa shape index (κ3) is 4.22. The van der Waals surface area contributed by atoms with Crippen molar-refractivity contribution >= 4 is 5.97 Å². The number of methoxy groups -OCH3 is 1. The van der Waals surface area contributed by atoms with Gasteiger partial charge in [0, 0.05) is 11.9 Å². The molecule has 0 atom stereocenters. The highest BCUT2D eigenvalue weighted by atomic mass is 16.6. The Kier molecular flexibility index (Phi) is 5.53. The van der Waals surface area contributed by atoms with Crippen LogP contribution >= 0.6 is 0 Å². The van der Waals surface area contributed by atoms with E-state index in [1.807, 2.05) is 37.3 Å². The van der Waals surface area contributed by atoms with Gasteiger partial charge in [-0.25, -0.2) is 9.48 Å². The molecule has 0 saturated carbocycles. The van der Waals surface area contributed by atoms with Gasteiger partial charge >= 0.3 is 5.97 Å². The van der Waals surface area contributed by atoms with Crippen LogP contribution in [0.25, 0.3) is 5.69 Å². The number of esters is 1. The fourth-order valence-electron chi connectivity index (χ4n) is 2.43. The smallest absolute Gasteiger partial charge is 0.338 e. The van der Waals surface area contributed by atoms with Gasteiger partial charge in [0.15, 0.2) is 0 Å². The SMILES string of the molecule is COc1ccc(OCCOC(=O)c2ccc(-n3nccc3C)cc2)cc1. The summed E-state index contributed by atoms with van der Waals surface area (Å²) in [5.74, 6) is 1.07. The van der Waals surface area contributed by atoms with Gasteiger partial charge in [0.05, 0.1) is 18.4 Å². The van der Waals surface area contributed by atoms with Crippen molar-refractivity contribution < 1.29 is 19.0 Å². The summed E-state index contributed by atoms with van der Waals surface area (Å²) < 4.78 is 17.7. The molecule has 0 unspecified atom stereocenters. The van der Waals surface area contributed by atoms with Gasteiger partial charge in [-0.1, -0.05) is 0 Å². The zero-order valence-corrected chi connectivity index (χ0v) is 14.7.